The predicted molar refractivity (Wildman–Crippen MR) is 79.9 cm³/mol. The van der Waals surface area contributed by atoms with Crippen LogP contribution in [0.25, 0.3) is 10.8 Å². The van der Waals surface area contributed by atoms with Crippen LogP contribution in [0.1, 0.15) is 31.4 Å². The lowest BCUT2D eigenvalue weighted by Gasteiger charge is -2.27. The number of hydrogen-bond acceptors (Lipinski definition) is 4. The van der Waals surface area contributed by atoms with E-state index in [1.807, 2.05) is 18.5 Å². The topological polar surface area (TPSA) is 60.2 Å². The van der Waals surface area contributed by atoms with Crippen molar-refractivity contribution in [3.63, 3.8) is 0 Å². The summed E-state index contributed by atoms with van der Waals surface area (Å²) < 4.78 is 5.82. The number of pyridine rings is 1. The van der Waals surface area contributed by atoms with Crippen molar-refractivity contribution >= 4 is 10.8 Å². The molecule has 106 valence electrons. The van der Waals surface area contributed by atoms with E-state index in [2.05, 4.69) is 35.5 Å². The number of nitrogens with one attached hydrogen (secondary N) is 1. The van der Waals surface area contributed by atoms with Crippen LogP contribution in [0.3, 0.4) is 0 Å². The molecule has 0 aliphatic carbocycles. The summed E-state index contributed by atoms with van der Waals surface area (Å²) in [6, 6.07) is 8.47. The Morgan fingerprint density at radius 1 is 1.45 bits per heavy atom. The molecule has 0 spiro atoms. The van der Waals surface area contributed by atoms with Crippen molar-refractivity contribution in [3.05, 3.63) is 42.2 Å². The average Bonchev–Trinajstić information content (AvgIpc) is 2.97. The van der Waals surface area contributed by atoms with Crippen LogP contribution in [-0.2, 0) is 4.74 Å². The molecular formula is C16H21N3O. The van der Waals surface area contributed by atoms with E-state index in [-0.39, 0.29) is 12.1 Å². The van der Waals surface area contributed by atoms with E-state index in [1.54, 1.807) is 0 Å². The molecule has 1 saturated heterocycles. The summed E-state index contributed by atoms with van der Waals surface area (Å²) in [6.45, 7) is 2.99. The van der Waals surface area contributed by atoms with Gasteiger partial charge in [-0.05, 0) is 29.9 Å². The van der Waals surface area contributed by atoms with Gasteiger partial charge in [0.05, 0.1) is 12.1 Å². The van der Waals surface area contributed by atoms with Gasteiger partial charge in [-0.1, -0.05) is 25.1 Å². The lowest BCUT2D eigenvalue weighted by atomic mass is 9.85. The van der Waals surface area contributed by atoms with Crippen molar-refractivity contribution in [2.24, 2.45) is 11.8 Å². The normalized spacial score (nSPS) is 24.1. The number of aromatic nitrogens is 1. The maximum absolute atomic E-state index is 5.87. The van der Waals surface area contributed by atoms with Crippen molar-refractivity contribution in [1.29, 1.82) is 0 Å². The van der Waals surface area contributed by atoms with Gasteiger partial charge < -0.3 is 4.74 Å². The summed E-state index contributed by atoms with van der Waals surface area (Å²) in [4.78, 5) is 4.26. The number of hydrazine groups is 1. The molecule has 3 atom stereocenters. The number of benzene rings is 1. The first-order valence-corrected chi connectivity index (χ1v) is 7.25. The summed E-state index contributed by atoms with van der Waals surface area (Å²) in [6.07, 6.45) is 6.09. The number of rotatable bonds is 4. The Hall–Kier alpha value is -1.49. The molecule has 1 aliphatic heterocycles. The second kappa shape index (κ2) is 5.87. The zero-order valence-corrected chi connectivity index (χ0v) is 11.8. The van der Waals surface area contributed by atoms with Crippen molar-refractivity contribution in [1.82, 2.24) is 10.4 Å². The van der Waals surface area contributed by atoms with Gasteiger partial charge >= 0.3 is 0 Å². The molecule has 1 aromatic heterocycles. The number of nitrogens with zero attached hydrogens (tertiary/aromatic N) is 1. The molecule has 4 nitrogen and oxygen atoms in total. The Balaban J connectivity index is 2.03. The molecule has 2 aromatic rings. The maximum atomic E-state index is 5.87. The Labute approximate surface area is 119 Å². The molecule has 0 saturated carbocycles. The van der Waals surface area contributed by atoms with Crippen molar-refractivity contribution in [3.8, 4) is 0 Å². The Bertz CT molecular complexity index is 581. The first-order valence-electron chi connectivity index (χ1n) is 7.25. The molecule has 3 N–H and O–H groups in total. The fourth-order valence-electron chi connectivity index (χ4n) is 3.32. The zero-order valence-electron chi connectivity index (χ0n) is 11.8. The van der Waals surface area contributed by atoms with Crippen LogP contribution in [0.4, 0.5) is 0 Å². The third-order valence-electron chi connectivity index (χ3n) is 4.32. The fourth-order valence-corrected chi connectivity index (χ4v) is 3.32. The van der Waals surface area contributed by atoms with Crippen LogP contribution in [0.5, 0.6) is 0 Å². The number of nitrogens with two attached hydrogens (primary N) is 1. The minimum Gasteiger partial charge on any atom is -0.378 e. The number of fused-ring (bicyclic) bond motifs is 1. The van der Waals surface area contributed by atoms with Crippen LogP contribution < -0.4 is 11.3 Å². The summed E-state index contributed by atoms with van der Waals surface area (Å²) in [5, 5.41) is 2.37. The standard InChI is InChI=1S/C16H21N3O/c1-2-15-13(7-9-20-15)16(19-17)12-5-3-4-11-6-8-18-10-14(11)12/h3-6,8,10,13,15-16,19H,2,7,9,17H2,1H3. The minimum atomic E-state index is 0.107. The van der Waals surface area contributed by atoms with Gasteiger partial charge in [0.25, 0.3) is 0 Å². The van der Waals surface area contributed by atoms with Gasteiger partial charge in [-0.3, -0.25) is 16.3 Å². The van der Waals surface area contributed by atoms with Gasteiger partial charge in [0.15, 0.2) is 0 Å². The van der Waals surface area contributed by atoms with Crippen LogP contribution in [0.15, 0.2) is 36.7 Å². The summed E-state index contributed by atoms with van der Waals surface area (Å²) in [5.41, 5.74) is 4.22. The average molecular weight is 271 g/mol. The van der Waals surface area contributed by atoms with Crippen molar-refractivity contribution in [2.45, 2.75) is 31.9 Å². The van der Waals surface area contributed by atoms with Crippen LogP contribution in [0, 0.1) is 5.92 Å². The summed E-state index contributed by atoms with van der Waals surface area (Å²) in [5.74, 6) is 6.28. The molecule has 0 radical (unpaired) electrons. The van der Waals surface area contributed by atoms with Gasteiger partial charge in [0.2, 0.25) is 0 Å². The highest BCUT2D eigenvalue weighted by atomic mass is 16.5. The minimum absolute atomic E-state index is 0.107. The lowest BCUT2D eigenvalue weighted by molar-refractivity contribution is 0.0775. The first-order chi connectivity index (χ1) is 9.85. The van der Waals surface area contributed by atoms with E-state index in [0.717, 1.165) is 19.4 Å². The molecule has 2 heterocycles. The van der Waals surface area contributed by atoms with Gasteiger partial charge in [0, 0.05) is 30.3 Å². The molecule has 3 unspecified atom stereocenters. The molecular weight excluding hydrogens is 250 g/mol. The number of hydrogen-bond donors (Lipinski definition) is 2. The Morgan fingerprint density at radius 3 is 3.15 bits per heavy atom. The number of ether oxygens (including phenoxy) is 1. The largest absolute Gasteiger partial charge is 0.378 e. The second-order valence-corrected chi connectivity index (χ2v) is 5.36. The van der Waals surface area contributed by atoms with E-state index in [4.69, 9.17) is 10.6 Å². The fraction of sp³-hybridized carbons (Fsp3) is 0.438. The van der Waals surface area contributed by atoms with E-state index < -0.39 is 0 Å². The quantitative estimate of drug-likeness (QED) is 0.663. The van der Waals surface area contributed by atoms with Crippen molar-refractivity contribution in [2.75, 3.05) is 6.61 Å². The molecule has 4 heteroatoms. The molecule has 0 amide bonds. The molecule has 3 rings (SSSR count). The van der Waals surface area contributed by atoms with Gasteiger partial charge in [-0.25, -0.2) is 0 Å². The molecule has 1 aromatic carbocycles. The van der Waals surface area contributed by atoms with Gasteiger partial charge in [0.1, 0.15) is 0 Å². The first kappa shape index (κ1) is 13.5. The Morgan fingerprint density at radius 2 is 2.35 bits per heavy atom. The highest BCUT2D eigenvalue weighted by Gasteiger charge is 2.34. The monoisotopic (exact) mass is 271 g/mol. The van der Waals surface area contributed by atoms with Crippen LogP contribution >= 0.6 is 0 Å². The summed E-state index contributed by atoms with van der Waals surface area (Å²) in [7, 11) is 0. The SMILES string of the molecule is CCC1OCCC1C(NN)c1cccc2ccncc12. The van der Waals surface area contributed by atoms with Crippen LogP contribution in [-0.4, -0.2) is 17.7 Å². The molecule has 0 bridgehead atoms. The molecule has 20 heavy (non-hydrogen) atoms. The molecule has 1 aliphatic rings. The third kappa shape index (κ3) is 2.30. The third-order valence-corrected chi connectivity index (χ3v) is 4.32. The molecule has 1 fully saturated rings. The van der Waals surface area contributed by atoms with Gasteiger partial charge in [-0.15, -0.1) is 0 Å². The van der Waals surface area contributed by atoms with Gasteiger partial charge in [-0.2, -0.15) is 0 Å². The predicted octanol–water partition coefficient (Wildman–Crippen LogP) is 2.55. The van der Waals surface area contributed by atoms with E-state index in [1.165, 1.54) is 16.3 Å². The second-order valence-electron chi connectivity index (χ2n) is 5.36. The summed E-state index contributed by atoms with van der Waals surface area (Å²) >= 11 is 0. The highest BCUT2D eigenvalue weighted by Crippen LogP contribution is 2.36. The van der Waals surface area contributed by atoms with E-state index in [9.17, 15) is 0 Å². The lowest BCUT2D eigenvalue weighted by Crippen LogP contribution is -2.37. The van der Waals surface area contributed by atoms with E-state index >= 15 is 0 Å². The van der Waals surface area contributed by atoms with Crippen LogP contribution in [0.2, 0.25) is 0 Å². The smallest absolute Gasteiger partial charge is 0.0620 e. The zero-order chi connectivity index (χ0) is 13.9. The van der Waals surface area contributed by atoms with Crippen molar-refractivity contribution < 1.29 is 4.74 Å². The highest BCUT2D eigenvalue weighted by molar-refractivity contribution is 5.85. The maximum Gasteiger partial charge on any atom is 0.0620 e. The Kier molecular flexibility index (Phi) is 3.96. The van der Waals surface area contributed by atoms with E-state index in [0.29, 0.717) is 5.92 Å².